The molecule has 0 amide bonds. The molecule has 0 heterocycles. The van der Waals surface area contributed by atoms with Crippen molar-refractivity contribution in [2.24, 2.45) is 0 Å². The van der Waals surface area contributed by atoms with Crippen LogP contribution in [0.4, 0.5) is 0 Å². The standard InChI is InChI=1S/C13H23O/c1-3-5-6-7-8-9-10-12-13(14)11-4-2/h8-9,12-14H,3-7,11H2,1-2H3. The van der Waals surface area contributed by atoms with Gasteiger partial charge in [0.1, 0.15) is 0 Å². The Hall–Kier alpha value is -0.560. The van der Waals surface area contributed by atoms with Gasteiger partial charge in [0.05, 0.1) is 6.10 Å². The normalized spacial score (nSPS) is 14.2. The van der Waals surface area contributed by atoms with Crippen LogP contribution in [0.1, 0.15) is 52.4 Å². The first-order chi connectivity index (χ1) is 6.81. The Morgan fingerprint density at radius 1 is 1.21 bits per heavy atom. The molecule has 0 fully saturated rings. The van der Waals surface area contributed by atoms with Crippen LogP contribution in [0.25, 0.3) is 0 Å². The maximum Gasteiger partial charge on any atom is 0.0729 e. The molecule has 0 spiro atoms. The van der Waals surface area contributed by atoms with Gasteiger partial charge in [-0.05, 0) is 31.4 Å². The van der Waals surface area contributed by atoms with Crippen molar-refractivity contribution in [1.29, 1.82) is 0 Å². The monoisotopic (exact) mass is 195 g/mol. The highest BCUT2D eigenvalue weighted by molar-refractivity contribution is 4.97. The zero-order valence-electron chi connectivity index (χ0n) is 9.50. The lowest BCUT2D eigenvalue weighted by atomic mass is 10.2. The van der Waals surface area contributed by atoms with Crippen LogP contribution in [0, 0.1) is 6.08 Å². The van der Waals surface area contributed by atoms with Gasteiger partial charge in [-0.1, -0.05) is 45.3 Å². The van der Waals surface area contributed by atoms with Crippen molar-refractivity contribution in [2.45, 2.75) is 58.5 Å². The summed E-state index contributed by atoms with van der Waals surface area (Å²) in [5, 5.41) is 9.34. The van der Waals surface area contributed by atoms with Gasteiger partial charge >= 0.3 is 0 Å². The summed E-state index contributed by atoms with van der Waals surface area (Å²) in [5.41, 5.74) is 0. The summed E-state index contributed by atoms with van der Waals surface area (Å²) in [7, 11) is 0. The topological polar surface area (TPSA) is 20.2 Å². The van der Waals surface area contributed by atoms with E-state index < -0.39 is 0 Å². The fourth-order valence-corrected chi connectivity index (χ4v) is 1.21. The van der Waals surface area contributed by atoms with Crippen LogP contribution in [0.5, 0.6) is 0 Å². The second-order valence-corrected chi connectivity index (χ2v) is 3.59. The van der Waals surface area contributed by atoms with E-state index in [1.807, 2.05) is 6.08 Å². The number of hydrogen-bond acceptors (Lipinski definition) is 1. The first kappa shape index (κ1) is 13.4. The minimum absolute atomic E-state index is 0.319. The first-order valence-electron chi connectivity index (χ1n) is 5.73. The summed E-state index contributed by atoms with van der Waals surface area (Å²) in [4.78, 5) is 0. The number of hydrogen-bond donors (Lipinski definition) is 1. The number of aliphatic hydroxyl groups is 1. The molecule has 0 rings (SSSR count). The van der Waals surface area contributed by atoms with Gasteiger partial charge in [-0.25, -0.2) is 0 Å². The molecule has 0 saturated carbocycles. The van der Waals surface area contributed by atoms with E-state index in [4.69, 9.17) is 0 Å². The predicted octanol–water partition coefficient (Wildman–Crippen LogP) is 3.64. The molecule has 1 nitrogen and oxygen atoms in total. The lowest BCUT2D eigenvalue weighted by Crippen LogP contribution is -1.99. The van der Waals surface area contributed by atoms with Gasteiger partial charge in [0.25, 0.3) is 0 Å². The molecule has 0 aliphatic heterocycles. The Bertz CT molecular complexity index is 159. The summed E-state index contributed by atoms with van der Waals surface area (Å²) in [5.74, 6) is 0. The Balaban J connectivity index is 3.40. The molecule has 1 N–H and O–H groups in total. The zero-order valence-corrected chi connectivity index (χ0v) is 9.50. The lowest BCUT2D eigenvalue weighted by Gasteiger charge is -1.99. The summed E-state index contributed by atoms with van der Waals surface area (Å²) >= 11 is 0. The van der Waals surface area contributed by atoms with E-state index in [0.29, 0.717) is 0 Å². The van der Waals surface area contributed by atoms with Crippen molar-refractivity contribution >= 4 is 0 Å². The van der Waals surface area contributed by atoms with Crippen molar-refractivity contribution in [3.05, 3.63) is 24.3 Å². The van der Waals surface area contributed by atoms with Crippen LogP contribution >= 0.6 is 0 Å². The Morgan fingerprint density at radius 3 is 2.64 bits per heavy atom. The molecule has 0 aliphatic carbocycles. The fourth-order valence-electron chi connectivity index (χ4n) is 1.21. The van der Waals surface area contributed by atoms with E-state index in [2.05, 4.69) is 26.0 Å². The molecule has 1 atom stereocenters. The lowest BCUT2D eigenvalue weighted by molar-refractivity contribution is 0.211. The van der Waals surface area contributed by atoms with Gasteiger partial charge in [-0.2, -0.15) is 0 Å². The highest BCUT2D eigenvalue weighted by Crippen LogP contribution is 2.00. The molecule has 0 aromatic heterocycles. The summed E-state index contributed by atoms with van der Waals surface area (Å²) in [6.07, 6.45) is 15.2. The molecule has 0 aromatic carbocycles. The Labute approximate surface area is 88.5 Å². The van der Waals surface area contributed by atoms with Crippen LogP contribution in [0.3, 0.4) is 0 Å². The minimum Gasteiger partial charge on any atom is -0.389 e. The summed E-state index contributed by atoms with van der Waals surface area (Å²) in [6.45, 7) is 4.27. The van der Waals surface area contributed by atoms with Crippen molar-refractivity contribution in [2.75, 3.05) is 0 Å². The van der Waals surface area contributed by atoms with Gasteiger partial charge in [0, 0.05) is 0 Å². The van der Waals surface area contributed by atoms with Crippen molar-refractivity contribution in [3.63, 3.8) is 0 Å². The molecule has 0 aromatic rings. The number of rotatable bonds is 8. The second-order valence-electron chi connectivity index (χ2n) is 3.59. The highest BCUT2D eigenvalue weighted by atomic mass is 16.3. The van der Waals surface area contributed by atoms with Gasteiger partial charge in [0.2, 0.25) is 0 Å². The predicted molar refractivity (Wildman–Crippen MR) is 62.0 cm³/mol. The third-order valence-corrected chi connectivity index (χ3v) is 2.06. The Kier molecular flexibility index (Phi) is 10.1. The van der Waals surface area contributed by atoms with Crippen molar-refractivity contribution in [1.82, 2.24) is 0 Å². The molecule has 0 saturated heterocycles. The molecule has 0 bridgehead atoms. The molecule has 1 unspecified atom stereocenters. The van der Waals surface area contributed by atoms with Crippen LogP contribution in [-0.2, 0) is 0 Å². The van der Waals surface area contributed by atoms with Crippen LogP contribution in [0.15, 0.2) is 18.2 Å². The molecule has 0 aliphatic rings. The number of aliphatic hydroxyl groups excluding tert-OH is 1. The van der Waals surface area contributed by atoms with Gasteiger partial charge in [0.15, 0.2) is 0 Å². The molecule has 1 heteroatoms. The Morgan fingerprint density at radius 2 is 2.00 bits per heavy atom. The third kappa shape index (κ3) is 9.53. The van der Waals surface area contributed by atoms with Crippen molar-refractivity contribution in [3.8, 4) is 0 Å². The van der Waals surface area contributed by atoms with E-state index in [9.17, 15) is 5.11 Å². The van der Waals surface area contributed by atoms with Gasteiger partial charge < -0.3 is 5.11 Å². The summed E-state index contributed by atoms with van der Waals surface area (Å²) < 4.78 is 0. The molecular weight excluding hydrogens is 172 g/mol. The SMILES string of the molecule is CCCCCC=C/[C]=C/C(O)CCC. The third-order valence-electron chi connectivity index (χ3n) is 2.06. The maximum absolute atomic E-state index is 9.34. The largest absolute Gasteiger partial charge is 0.389 e. The van der Waals surface area contributed by atoms with Gasteiger partial charge in [-0.3, -0.25) is 0 Å². The molecular formula is C13H23O. The maximum atomic E-state index is 9.34. The molecule has 14 heavy (non-hydrogen) atoms. The zero-order chi connectivity index (χ0) is 10.6. The van der Waals surface area contributed by atoms with E-state index in [1.165, 1.54) is 19.3 Å². The smallest absolute Gasteiger partial charge is 0.0729 e. The second kappa shape index (κ2) is 10.5. The first-order valence-corrected chi connectivity index (χ1v) is 5.73. The number of unbranched alkanes of at least 4 members (excludes halogenated alkanes) is 3. The average Bonchev–Trinajstić information content (AvgIpc) is 2.17. The highest BCUT2D eigenvalue weighted by Gasteiger charge is 1.93. The summed E-state index contributed by atoms with van der Waals surface area (Å²) in [6, 6.07) is 0. The average molecular weight is 195 g/mol. The van der Waals surface area contributed by atoms with E-state index in [-0.39, 0.29) is 6.10 Å². The fraction of sp³-hybridized carbons (Fsp3) is 0.692. The van der Waals surface area contributed by atoms with E-state index >= 15 is 0 Å². The van der Waals surface area contributed by atoms with Crippen LogP contribution < -0.4 is 0 Å². The van der Waals surface area contributed by atoms with Crippen molar-refractivity contribution < 1.29 is 5.11 Å². The van der Waals surface area contributed by atoms with E-state index in [1.54, 1.807) is 6.08 Å². The van der Waals surface area contributed by atoms with Gasteiger partial charge in [-0.15, -0.1) is 0 Å². The molecule has 81 valence electrons. The van der Waals surface area contributed by atoms with Crippen LogP contribution in [0.2, 0.25) is 0 Å². The van der Waals surface area contributed by atoms with Crippen LogP contribution in [-0.4, -0.2) is 11.2 Å². The minimum atomic E-state index is -0.319. The quantitative estimate of drug-likeness (QED) is 0.463. The molecule has 1 radical (unpaired) electrons. The van der Waals surface area contributed by atoms with E-state index in [0.717, 1.165) is 19.3 Å². The number of allylic oxidation sites excluding steroid dienone is 3.